The maximum absolute atomic E-state index is 12.1. The number of aromatic nitrogens is 2. The quantitative estimate of drug-likeness (QED) is 0.457. The Morgan fingerprint density at radius 2 is 2.12 bits per heavy atom. The standard InChI is InChI=1S/C16H14IN3O3S/c1-9-7-11(17)3-4-13(9)18-14(21)8-24-16-20-19-15(23-16)12-5-6-22-10(12)2/h3-7H,8H2,1-2H3,(H,18,21). The molecule has 124 valence electrons. The smallest absolute Gasteiger partial charge is 0.277 e. The lowest BCUT2D eigenvalue weighted by Gasteiger charge is -2.07. The van der Waals surface area contributed by atoms with Gasteiger partial charge in [-0.2, -0.15) is 0 Å². The predicted molar refractivity (Wildman–Crippen MR) is 100.0 cm³/mol. The first-order chi connectivity index (χ1) is 11.5. The molecule has 0 atom stereocenters. The summed E-state index contributed by atoms with van der Waals surface area (Å²) in [5.41, 5.74) is 2.59. The summed E-state index contributed by atoms with van der Waals surface area (Å²) in [7, 11) is 0. The van der Waals surface area contributed by atoms with E-state index in [0.717, 1.165) is 20.4 Å². The second-order valence-corrected chi connectivity index (χ2v) is 7.23. The second kappa shape index (κ2) is 7.39. The van der Waals surface area contributed by atoms with Gasteiger partial charge in [-0.3, -0.25) is 4.79 Å². The number of nitrogens with zero attached hydrogens (tertiary/aromatic N) is 2. The van der Waals surface area contributed by atoms with Crippen molar-refractivity contribution >= 4 is 45.9 Å². The van der Waals surface area contributed by atoms with Gasteiger partial charge < -0.3 is 14.2 Å². The van der Waals surface area contributed by atoms with Crippen LogP contribution in [0.1, 0.15) is 11.3 Å². The van der Waals surface area contributed by atoms with Gasteiger partial charge in [0.15, 0.2) is 0 Å². The van der Waals surface area contributed by atoms with Gasteiger partial charge in [-0.1, -0.05) is 11.8 Å². The van der Waals surface area contributed by atoms with Crippen molar-refractivity contribution < 1.29 is 13.6 Å². The zero-order chi connectivity index (χ0) is 17.1. The number of amides is 1. The molecule has 6 nitrogen and oxygen atoms in total. The molecule has 0 spiro atoms. The highest BCUT2D eigenvalue weighted by molar-refractivity contribution is 14.1. The Kier molecular flexibility index (Phi) is 5.24. The molecule has 0 unspecified atom stereocenters. The van der Waals surface area contributed by atoms with Crippen molar-refractivity contribution in [1.29, 1.82) is 0 Å². The summed E-state index contributed by atoms with van der Waals surface area (Å²) in [5, 5.41) is 11.2. The molecule has 1 aromatic carbocycles. The van der Waals surface area contributed by atoms with E-state index in [1.165, 1.54) is 11.8 Å². The van der Waals surface area contributed by atoms with Crippen LogP contribution < -0.4 is 5.32 Å². The zero-order valence-corrected chi connectivity index (χ0v) is 16.0. The van der Waals surface area contributed by atoms with E-state index in [2.05, 4.69) is 38.1 Å². The van der Waals surface area contributed by atoms with Gasteiger partial charge in [0, 0.05) is 9.26 Å². The van der Waals surface area contributed by atoms with Crippen LogP contribution in [0.25, 0.3) is 11.5 Å². The van der Waals surface area contributed by atoms with Crippen LogP contribution in [0, 0.1) is 17.4 Å². The number of benzene rings is 1. The number of hydrogen-bond acceptors (Lipinski definition) is 6. The van der Waals surface area contributed by atoms with E-state index in [1.807, 2.05) is 32.0 Å². The molecule has 8 heteroatoms. The molecule has 0 fully saturated rings. The third-order valence-corrected chi connectivity index (χ3v) is 4.77. The van der Waals surface area contributed by atoms with Crippen LogP contribution in [0.2, 0.25) is 0 Å². The number of furan rings is 1. The van der Waals surface area contributed by atoms with Gasteiger partial charge >= 0.3 is 0 Å². The number of halogens is 1. The molecule has 0 saturated carbocycles. The van der Waals surface area contributed by atoms with Crippen LogP contribution in [0.5, 0.6) is 0 Å². The molecule has 0 aliphatic heterocycles. The molecule has 0 saturated heterocycles. The number of nitrogens with one attached hydrogen (secondary N) is 1. The van der Waals surface area contributed by atoms with Crippen molar-refractivity contribution in [2.24, 2.45) is 0 Å². The Morgan fingerprint density at radius 1 is 1.29 bits per heavy atom. The number of thioether (sulfide) groups is 1. The summed E-state index contributed by atoms with van der Waals surface area (Å²) in [4.78, 5) is 12.1. The molecule has 1 N–H and O–H groups in total. The van der Waals surface area contributed by atoms with Crippen LogP contribution in [-0.2, 0) is 4.79 Å². The summed E-state index contributed by atoms with van der Waals surface area (Å²) in [6.45, 7) is 3.78. The zero-order valence-electron chi connectivity index (χ0n) is 13.0. The largest absolute Gasteiger partial charge is 0.469 e. The number of aryl methyl sites for hydroxylation is 2. The molecule has 2 heterocycles. The first-order valence-corrected chi connectivity index (χ1v) is 9.16. The Labute approximate surface area is 156 Å². The molecule has 24 heavy (non-hydrogen) atoms. The second-order valence-electron chi connectivity index (χ2n) is 5.06. The SMILES string of the molecule is Cc1cc(I)ccc1NC(=O)CSc1nnc(-c2ccoc2C)o1. The van der Waals surface area contributed by atoms with Gasteiger partial charge in [0.25, 0.3) is 11.1 Å². The topological polar surface area (TPSA) is 81.2 Å². The Bertz CT molecular complexity index is 875. The summed E-state index contributed by atoms with van der Waals surface area (Å²) < 4.78 is 11.9. The lowest BCUT2D eigenvalue weighted by Crippen LogP contribution is -2.14. The molecule has 0 radical (unpaired) electrons. The molecular formula is C16H14IN3O3S. The highest BCUT2D eigenvalue weighted by Crippen LogP contribution is 2.26. The number of carbonyl (C=O) groups excluding carboxylic acids is 1. The maximum Gasteiger partial charge on any atom is 0.277 e. The summed E-state index contributed by atoms with van der Waals surface area (Å²) >= 11 is 3.43. The predicted octanol–water partition coefficient (Wildman–Crippen LogP) is 4.28. The van der Waals surface area contributed by atoms with Crippen LogP contribution in [-0.4, -0.2) is 21.9 Å². The lowest BCUT2D eigenvalue weighted by molar-refractivity contribution is -0.113. The van der Waals surface area contributed by atoms with Crippen molar-refractivity contribution in [3.05, 3.63) is 45.4 Å². The minimum Gasteiger partial charge on any atom is -0.469 e. The van der Waals surface area contributed by atoms with Gasteiger partial charge in [0.05, 0.1) is 17.6 Å². The Morgan fingerprint density at radius 3 is 2.83 bits per heavy atom. The number of hydrogen-bond donors (Lipinski definition) is 1. The fourth-order valence-electron chi connectivity index (χ4n) is 2.06. The minimum absolute atomic E-state index is 0.122. The summed E-state index contributed by atoms with van der Waals surface area (Å²) in [6, 6.07) is 7.63. The van der Waals surface area contributed by atoms with E-state index in [9.17, 15) is 4.79 Å². The number of anilines is 1. The van der Waals surface area contributed by atoms with Crippen LogP contribution in [0.3, 0.4) is 0 Å². The fourth-order valence-corrected chi connectivity index (χ4v) is 3.27. The normalized spacial score (nSPS) is 10.8. The van der Waals surface area contributed by atoms with E-state index >= 15 is 0 Å². The lowest BCUT2D eigenvalue weighted by atomic mass is 10.2. The van der Waals surface area contributed by atoms with Gasteiger partial charge in [-0.25, -0.2) is 0 Å². The van der Waals surface area contributed by atoms with Crippen molar-refractivity contribution in [3.63, 3.8) is 0 Å². The molecule has 0 aliphatic carbocycles. The van der Waals surface area contributed by atoms with E-state index in [0.29, 0.717) is 16.9 Å². The first-order valence-electron chi connectivity index (χ1n) is 7.09. The Balaban J connectivity index is 1.59. The molecule has 1 amide bonds. The average Bonchev–Trinajstić information content (AvgIpc) is 3.16. The third-order valence-electron chi connectivity index (χ3n) is 3.28. The summed E-state index contributed by atoms with van der Waals surface area (Å²) in [5.74, 6) is 1.17. The average molecular weight is 455 g/mol. The molecule has 0 aliphatic rings. The van der Waals surface area contributed by atoms with Gasteiger partial charge in [-0.15, -0.1) is 10.2 Å². The van der Waals surface area contributed by atoms with Gasteiger partial charge in [-0.05, 0) is 66.3 Å². The minimum atomic E-state index is -0.122. The third kappa shape index (κ3) is 3.99. The van der Waals surface area contributed by atoms with E-state index in [-0.39, 0.29) is 11.7 Å². The molecular weight excluding hydrogens is 441 g/mol. The maximum atomic E-state index is 12.1. The first kappa shape index (κ1) is 17.0. The summed E-state index contributed by atoms with van der Waals surface area (Å²) in [6.07, 6.45) is 1.57. The fraction of sp³-hybridized carbons (Fsp3) is 0.188. The van der Waals surface area contributed by atoms with Gasteiger partial charge in [0.2, 0.25) is 5.91 Å². The van der Waals surface area contributed by atoms with Crippen molar-refractivity contribution in [1.82, 2.24) is 10.2 Å². The van der Waals surface area contributed by atoms with E-state index in [4.69, 9.17) is 8.83 Å². The van der Waals surface area contributed by atoms with E-state index < -0.39 is 0 Å². The van der Waals surface area contributed by atoms with Gasteiger partial charge in [0.1, 0.15) is 5.76 Å². The number of carbonyl (C=O) groups is 1. The Hall–Kier alpha value is -1.81. The number of rotatable bonds is 5. The van der Waals surface area contributed by atoms with Crippen molar-refractivity contribution in [2.75, 3.05) is 11.1 Å². The van der Waals surface area contributed by atoms with Crippen molar-refractivity contribution in [2.45, 2.75) is 19.1 Å². The van der Waals surface area contributed by atoms with Crippen LogP contribution in [0.4, 0.5) is 5.69 Å². The molecule has 3 rings (SSSR count). The highest BCUT2D eigenvalue weighted by Gasteiger charge is 2.14. The molecule has 0 bridgehead atoms. The van der Waals surface area contributed by atoms with Crippen LogP contribution in [0.15, 0.2) is 44.6 Å². The highest BCUT2D eigenvalue weighted by atomic mass is 127. The monoisotopic (exact) mass is 455 g/mol. The molecule has 2 aromatic heterocycles. The molecule has 3 aromatic rings. The van der Waals surface area contributed by atoms with Crippen molar-refractivity contribution in [3.8, 4) is 11.5 Å². The van der Waals surface area contributed by atoms with Crippen LogP contribution >= 0.6 is 34.4 Å². The van der Waals surface area contributed by atoms with E-state index in [1.54, 1.807) is 12.3 Å².